The van der Waals surface area contributed by atoms with Gasteiger partial charge in [0.05, 0.1) is 5.75 Å². The molecule has 3 aromatic rings. The molecule has 0 bridgehead atoms. The van der Waals surface area contributed by atoms with Gasteiger partial charge in [0.1, 0.15) is 0 Å². The third-order valence-electron chi connectivity index (χ3n) is 3.50. The molecule has 0 saturated carbocycles. The fourth-order valence-electron chi connectivity index (χ4n) is 2.45. The van der Waals surface area contributed by atoms with Crippen LogP contribution in [0.1, 0.15) is 11.4 Å². The van der Waals surface area contributed by atoms with Gasteiger partial charge < -0.3 is 10.6 Å². The van der Waals surface area contributed by atoms with Crippen molar-refractivity contribution in [3.63, 3.8) is 0 Å². The van der Waals surface area contributed by atoms with Gasteiger partial charge >= 0.3 is 0 Å². The number of rotatable bonds is 6. The summed E-state index contributed by atoms with van der Waals surface area (Å²) in [7, 11) is 0. The Morgan fingerprint density at radius 1 is 0.885 bits per heavy atom. The van der Waals surface area contributed by atoms with E-state index in [1.807, 2.05) is 74.5 Å². The van der Waals surface area contributed by atoms with Crippen LogP contribution in [0.25, 0.3) is 0 Å². The van der Waals surface area contributed by atoms with Crippen molar-refractivity contribution in [1.29, 1.82) is 0 Å². The zero-order valence-corrected chi connectivity index (χ0v) is 15.5. The summed E-state index contributed by atoms with van der Waals surface area (Å²) in [5.74, 6) is 0.175. The van der Waals surface area contributed by atoms with Crippen molar-refractivity contribution < 1.29 is 4.79 Å². The molecule has 0 aliphatic carbocycles. The Morgan fingerprint density at radius 3 is 2.27 bits per heavy atom. The number of aromatic nitrogens is 2. The number of thioether (sulfide) groups is 1. The zero-order valence-electron chi connectivity index (χ0n) is 14.7. The molecule has 5 nitrogen and oxygen atoms in total. The summed E-state index contributed by atoms with van der Waals surface area (Å²) in [5, 5.41) is 6.85. The van der Waals surface area contributed by atoms with E-state index in [0.29, 0.717) is 5.16 Å². The molecule has 2 N–H and O–H groups in total. The van der Waals surface area contributed by atoms with Crippen LogP contribution in [0.5, 0.6) is 0 Å². The van der Waals surface area contributed by atoms with Crippen LogP contribution in [-0.2, 0) is 4.79 Å². The molecule has 3 rings (SSSR count). The van der Waals surface area contributed by atoms with E-state index in [1.54, 1.807) is 0 Å². The van der Waals surface area contributed by atoms with Crippen LogP contribution >= 0.6 is 11.8 Å². The van der Waals surface area contributed by atoms with Gasteiger partial charge in [0.25, 0.3) is 0 Å². The molecule has 0 aliphatic rings. The molecule has 6 heteroatoms. The first kappa shape index (κ1) is 17.9. The van der Waals surface area contributed by atoms with E-state index in [0.717, 1.165) is 28.5 Å². The molecule has 0 aliphatic heterocycles. The summed E-state index contributed by atoms with van der Waals surface area (Å²) in [6, 6.07) is 19.4. The molecule has 1 aromatic heterocycles. The highest BCUT2D eigenvalue weighted by atomic mass is 32.2. The summed E-state index contributed by atoms with van der Waals surface area (Å²) in [4.78, 5) is 20.9. The van der Waals surface area contributed by atoms with Crippen LogP contribution < -0.4 is 10.6 Å². The summed E-state index contributed by atoms with van der Waals surface area (Å²) in [5.41, 5.74) is 4.47. The third kappa shape index (κ3) is 5.32. The Balaban J connectivity index is 1.58. The monoisotopic (exact) mass is 364 g/mol. The topological polar surface area (TPSA) is 66.9 Å². The molecular formula is C20H20N4OS. The van der Waals surface area contributed by atoms with Crippen molar-refractivity contribution >= 4 is 34.7 Å². The van der Waals surface area contributed by atoms with Crippen LogP contribution in [0.4, 0.5) is 17.1 Å². The lowest BCUT2D eigenvalue weighted by molar-refractivity contribution is -0.113. The molecule has 26 heavy (non-hydrogen) atoms. The van der Waals surface area contributed by atoms with Crippen molar-refractivity contribution in [3.05, 3.63) is 72.1 Å². The van der Waals surface area contributed by atoms with Crippen molar-refractivity contribution in [2.45, 2.75) is 19.0 Å². The standard InChI is InChI=1S/C20H20N4OS/c1-14-11-15(2)22-20(21-14)26-13-19(25)24-18-10-6-9-17(12-18)23-16-7-4-3-5-8-16/h3-12,23H,13H2,1-2H3,(H,24,25). The quantitative estimate of drug-likeness (QED) is 0.495. The predicted molar refractivity (Wildman–Crippen MR) is 107 cm³/mol. The van der Waals surface area contributed by atoms with Crippen LogP contribution in [-0.4, -0.2) is 21.6 Å². The van der Waals surface area contributed by atoms with Gasteiger partial charge in [0.2, 0.25) is 5.91 Å². The fraction of sp³-hybridized carbons (Fsp3) is 0.150. The molecule has 132 valence electrons. The van der Waals surface area contributed by atoms with Crippen LogP contribution in [0, 0.1) is 13.8 Å². The lowest BCUT2D eigenvalue weighted by Crippen LogP contribution is -2.14. The van der Waals surface area contributed by atoms with E-state index in [-0.39, 0.29) is 11.7 Å². The van der Waals surface area contributed by atoms with Crippen molar-refractivity contribution in [2.24, 2.45) is 0 Å². The van der Waals surface area contributed by atoms with Gasteiger partial charge in [0, 0.05) is 28.5 Å². The Hall–Kier alpha value is -2.86. The van der Waals surface area contributed by atoms with Gasteiger partial charge in [-0.15, -0.1) is 0 Å². The lowest BCUT2D eigenvalue weighted by atomic mass is 10.2. The highest BCUT2D eigenvalue weighted by Gasteiger charge is 2.07. The maximum Gasteiger partial charge on any atom is 0.234 e. The minimum atomic E-state index is -0.0883. The Kier molecular flexibility index (Phi) is 5.86. The maximum absolute atomic E-state index is 12.2. The third-order valence-corrected chi connectivity index (χ3v) is 4.35. The number of para-hydroxylation sites is 1. The van der Waals surface area contributed by atoms with Crippen molar-refractivity contribution in [3.8, 4) is 0 Å². The second kappa shape index (κ2) is 8.49. The smallest absolute Gasteiger partial charge is 0.234 e. The minimum Gasteiger partial charge on any atom is -0.355 e. The molecule has 0 saturated heterocycles. The van der Waals surface area contributed by atoms with Gasteiger partial charge in [-0.05, 0) is 50.2 Å². The number of nitrogens with one attached hydrogen (secondary N) is 2. The Morgan fingerprint density at radius 2 is 1.54 bits per heavy atom. The lowest BCUT2D eigenvalue weighted by Gasteiger charge is -2.09. The Labute approximate surface area is 157 Å². The van der Waals surface area contributed by atoms with E-state index in [9.17, 15) is 4.79 Å². The number of aryl methyl sites for hydroxylation is 2. The van der Waals surface area contributed by atoms with E-state index in [2.05, 4.69) is 20.6 Å². The second-order valence-electron chi connectivity index (χ2n) is 5.84. The molecule has 0 radical (unpaired) electrons. The van der Waals surface area contributed by atoms with Gasteiger partial charge in [-0.2, -0.15) is 0 Å². The number of hydrogen-bond acceptors (Lipinski definition) is 5. The van der Waals surface area contributed by atoms with Crippen molar-refractivity contribution in [1.82, 2.24) is 9.97 Å². The number of carbonyl (C=O) groups excluding carboxylic acids is 1. The van der Waals surface area contributed by atoms with Crippen LogP contribution in [0.2, 0.25) is 0 Å². The minimum absolute atomic E-state index is 0.0883. The molecule has 0 unspecified atom stereocenters. The maximum atomic E-state index is 12.2. The Bertz CT molecular complexity index is 879. The van der Waals surface area contributed by atoms with E-state index >= 15 is 0 Å². The first-order valence-corrected chi connectivity index (χ1v) is 9.24. The molecular weight excluding hydrogens is 344 g/mol. The SMILES string of the molecule is Cc1cc(C)nc(SCC(=O)Nc2cccc(Nc3ccccc3)c2)n1. The summed E-state index contributed by atoms with van der Waals surface area (Å²) in [6.07, 6.45) is 0. The summed E-state index contributed by atoms with van der Waals surface area (Å²) in [6.45, 7) is 3.84. The van der Waals surface area contributed by atoms with E-state index in [4.69, 9.17) is 0 Å². The number of hydrogen-bond donors (Lipinski definition) is 2. The van der Waals surface area contributed by atoms with Gasteiger partial charge in [-0.25, -0.2) is 9.97 Å². The van der Waals surface area contributed by atoms with E-state index in [1.165, 1.54) is 11.8 Å². The van der Waals surface area contributed by atoms with Crippen LogP contribution in [0.15, 0.2) is 65.8 Å². The van der Waals surface area contributed by atoms with E-state index < -0.39 is 0 Å². The van der Waals surface area contributed by atoms with Crippen LogP contribution in [0.3, 0.4) is 0 Å². The number of nitrogens with zero attached hydrogens (tertiary/aromatic N) is 2. The van der Waals surface area contributed by atoms with Gasteiger partial charge in [-0.3, -0.25) is 4.79 Å². The first-order chi connectivity index (χ1) is 12.6. The molecule has 1 heterocycles. The number of carbonyl (C=O) groups is 1. The highest BCUT2D eigenvalue weighted by Crippen LogP contribution is 2.20. The summed E-state index contributed by atoms with van der Waals surface area (Å²) < 4.78 is 0. The van der Waals surface area contributed by atoms with Gasteiger partial charge in [0.15, 0.2) is 5.16 Å². The average molecular weight is 364 g/mol. The molecule has 0 spiro atoms. The molecule has 0 fully saturated rings. The first-order valence-electron chi connectivity index (χ1n) is 8.25. The second-order valence-corrected chi connectivity index (χ2v) is 6.78. The highest BCUT2D eigenvalue weighted by molar-refractivity contribution is 7.99. The largest absolute Gasteiger partial charge is 0.355 e. The molecule has 1 amide bonds. The average Bonchev–Trinajstić information content (AvgIpc) is 2.60. The predicted octanol–water partition coefficient (Wildman–Crippen LogP) is 4.57. The summed E-state index contributed by atoms with van der Waals surface area (Å²) >= 11 is 1.33. The van der Waals surface area contributed by atoms with Crippen molar-refractivity contribution in [2.75, 3.05) is 16.4 Å². The molecule has 0 atom stereocenters. The molecule has 2 aromatic carbocycles. The zero-order chi connectivity index (χ0) is 18.4. The number of anilines is 3. The fourth-order valence-corrected chi connectivity index (χ4v) is 3.20. The number of benzene rings is 2. The number of amides is 1. The normalized spacial score (nSPS) is 10.4. The van der Waals surface area contributed by atoms with Gasteiger partial charge in [-0.1, -0.05) is 36.0 Å².